The number of aliphatic hydroxyl groups excluding tert-OH is 1. The average molecular weight is 244 g/mol. The van der Waals surface area contributed by atoms with Gasteiger partial charge in [-0.15, -0.1) is 0 Å². The Bertz CT molecular complexity index is 160. The molecule has 0 amide bonds. The van der Waals surface area contributed by atoms with E-state index in [-0.39, 0.29) is 12.6 Å². The summed E-state index contributed by atoms with van der Waals surface area (Å²) in [5.74, 6) is 0.792. The molecule has 0 aromatic carbocycles. The zero-order chi connectivity index (χ0) is 13.1. The minimum Gasteiger partial charge on any atom is -0.395 e. The van der Waals surface area contributed by atoms with Crippen molar-refractivity contribution in [2.45, 2.75) is 53.0 Å². The summed E-state index contributed by atoms with van der Waals surface area (Å²) >= 11 is 0. The summed E-state index contributed by atoms with van der Waals surface area (Å²) in [4.78, 5) is 2.46. The Morgan fingerprint density at radius 1 is 1.06 bits per heavy atom. The Balaban J connectivity index is 4.06. The van der Waals surface area contributed by atoms with Crippen molar-refractivity contribution in [3.8, 4) is 0 Å². The zero-order valence-electron chi connectivity index (χ0n) is 12.2. The monoisotopic (exact) mass is 244 g/mol. The van der Waals surface area contributed by atoms with E-state index in [2.05, 4.69) is 37.9 Å². The van der Waals surface area contributed by atoms with Crippen LogP contribution >= 0.6 is 0 Å². The van der Waals surface area contributed by atoms with Crippen LogP contribution in [0.4, 0.5) is 0 Å². The van der Waals surface area contributed by atoms with Crippen LogP contribution in [0.25, 0.3) is 0 Å². The van der Waals surface area contributed by atoms with Gasteiger partial charge in [-0.3, -0.25) is 0 Å². The summed E-state index contributed by atoms with van der Waals surface area (Å²) in [7, 11) is 0. The van der Waals surface area contributed by atoms with Crippen molar-refractivity contribution in [3.63, 3.8) is 0 Å². The Morgan fingerprint density at radius 3 is 2.12 bits per heavy atom. The van der Waals surface area contributed by atoms with E-state index in [0.717, 1.165) is 38.5 Å². The van der Waals surface area contributed by atoms with Crippen molar-refractivity contribution in [2.24, 2.45) is 5.92 Å². The van der Waals surface area contributed by atoms with Crippen molar-refractivity contribution in [2.75, 3.05) is 32.8 Å². The normalized spacial score (nSPS) is 13.6. The highest BCUT2D eigenvalue weighted by Gasteiger charge is 2.14. The fourth-order valence-electron chi connectivity index (χ4n) is 2.09. The number of aliphatic hydroxyl groups is 1. The van der Waals surface area contributed by atoms with E-state index in [0.29, 0.717) is 0 Å². The summed E-state index contributed by atoms with van der Waals surface area (Å²) < 4.78 is 0. The van der Waals surface area contributed by atoms with Gasteiger partial charge in [0.15, 0.2) is 0 Å². The third-order valence-electron chi connectivity index (χ3n) is 3.50. The standard InChI is InChI=1S/C14H32N2O/c1-5-9-15-14(12-17)11-16(8-4)10-13(6-2)7-3/h13-15,17H,5-12H2,1-4H3. The maximum Gasteiger partial charge on any atom is 0.0597 e. The first-order valence-electron chi connectivity index (χ1n) is 7.28. The van der Waals surface area contributed by atoms with E-state index < -0.39 is 0 Å². The van der Waals surface area contributed by atoms with Crippen molar-refractivity contribution in [1.82, 2.24) is 10.2 Å². The van der Waals surface area contributed by atoms with Crippen LogP contribution < -0.4 is 5.32 Å². The Morgan fingerprint density at radius 2 is 1.71 bits per heavy atom. The molecular formula is C14H32N2O. The van der Waals surface area contributed by atoms with Gasteiger partial charge in [0.05, 0.1) is 6.61 Å². The van der Waals surface area contributed by atoms with Crippen molar-refractivity contribution in [1.29, 1.82) is 0 Å². The molecule has 3 heteroatoms. The molecule has 17 heavy (non-hydrogen) atoms. The number of rotatable bonds is 11. The van der Waals surface area contributed by atoms with Crippen LogP contribution in [0.5, 0.6) is 0 Å². The van der Waals surface area contributed by atoms with E-state index in [9.17, 15) is 5.11 Å². The van der Waals surface area contributed by atoms with Gasteiger partial charge >= 0.3 is 0 Å². The molecule has 0 aliphatic heterocycles. The number of hydrogen-bond donors (Lipinski definition) is 2. The maximum absolute atomic E-state index is 9.36. The molecule has 0 aliphatic rings. The highest BCUT2D eigenvalue weighted by Crippen LogP contribution is 2.10. The lowest BCUT2D eigenvalue weighted by Gasteiger charge is -2.29. The Labute approximate surface area is 108 Å². The Hall–Kier alpha value is -0.120. The first-order valence-corrected chi connectivity index (χ1v) is 7.28. The predicted molar refractivity (Wildman–Crippen MR) is 75.4 cm³/mol. The van der Waals surface area contributed by atoms with Crippen LogP contribution in [0.2, 0.25) is 0 Å². The summed E-state index contributed by atoms with van der Waals surface area (Å²) in [6.07, 6.45) is 3.62. The molecule has 0 aromatic heterocycles. The second kappa shape index (κ2) is 11.0. The van der Waals surface area contributed by atoms with E-state index in [1.807, 2.05) is 0 Å². The lowest BCUT2D eigenvalue weighted by atomic mass is 10.0. The van der Waals surface area contributed by atoms with Gasteiger partial charge in [-0.2, -0.15) is 0 Å². The third-order valence-corrected chi connectivity index (χ3v) is 3.50. The minimum absolute atomic E-state index is 0.226. The van der Waals surface area contributed by atoms with Gasteiger partial charge in [0.25, 0.3) is 0 Å². The maximum atomic E-state index is 9.36. The van der Waals surface area contributed by atoms with Crippen molar-refractivity contribution < 1.29 is 5.11 Å². The van der Waals surface area contributed by atoms with Gasteiger partial charge < -0.3 is 15.3 Å². The van der Waals surface area contributed by atoms with Crippen LogP contribution in [0.1, 0.15) is 47.0 Å². The molecule has 0 bridgehead atoms. The van der Waals surface area contributed by atoms with Crippen LogP contribution in [-0.4, -0.2) is 48.8 Å². The third kappa shape index (κ3) is 7.74. The zero-order valence-corrected chi connectivity index (χ0v) is 12.2. The summed E-state index contributed by atoms with van der Waals surface area (Å²) in [5.41, 5.74) is 0. The fourth-order valence-corrected chi connectivity index (χ4v) is 2.09. The molecule has 1 atom stereocenters. The predicted octanol–water partition coefficient (Wildman–Crippen LogP) is 2.10. The molecule has 0 aliphatic carbocycles. The molecule has 3 nitrogen and oxygen atoms in total. The van der Waals surface area contributed by atoms with E-state index in [4.69, 9.17) is 0 Å². The smallest absolute Gasteiger partial charge is 0.0597 e. The second-order valence-corrected chi connectivity index (χ2v) is 4.87. The van der Waals surface area contributed by atoms with Gasteiger partial charge in [0, 0.05) is 19.1 Å². The molecule has 1 unspecified atom stereocenters. The molecule has 0 saturated heterocycles. The molecule has 104 valence electrons. The minimum atomic E-state index is 0.226. The van der Waals surface area contributed by atoms with Gasteiger partial charge in [0.1, 0.15) is 0 Å². The molecule has 0 radical (unpaired) electrons. The van der Waals surface area contributed by atoms with Crippen LogP contribution in [-0.2, 0) is 0 Å². The fraction of sp³-hybridized carbons (Fsp3) is 1.00. The van der Waals surface area contributed by atoms with E-state index >= 15 is 0 Å². The summed E-state index contributed by atoms with van der Waals surface area (Å²) in [6.45, 7) is 13.3. The van der Waals surface area contributed by atoms with Gasteiger partial charge in [-0.25, -0.2) is 0 Å². The number of likely N-dealkylation sites (N-methyl/N-ethyl adjacent to an activating group) is 1. The van der Waals surface area contributed by atoms with E-state index in [1.165, 1.54) is 12.8 Å². The highest BCUT2D eigenvalue weighted by molar-refractivity contribution is 4.72. The van der Waals surface area contributed by atoms with Crippen molar-refractivity contribution in [3.05, 3.63) is 0 Å². The van der Waals surface area contributed by atoms with Gasteiger partial charge in [-0.05, 0) is 25.4 Å². The summed E-state index contributed by atoms with van der Waals surface area (Å²) in [5, 5.41) is 12.8. The lowest BCUT2D eigenvalue weighted by Crippen LogP contribution is -2.45. The van der Waals surface area contributed by atoms with Crippen LogP contribution in [0, 0.1) is 5.92 Å². The van der Waals surface area contributed by atoms with Crippen molar-refractivity contribution >= 4 is 0 Å². The topological polar surface area (TPSA) is 35.5 Å². The number of hydrogen-bond acceptors (Lipinski definition) is 3. The molecule has 2 N–H and O–H groups in total. The molecule has 0 spiro atoms. The van der Waals surface area contributed by atoms with Gasteiger partial charge in [0.2, 0.25) is 0 Å². The van der Waals surface area contributed by atoms with Crippen LogP contribution in [0.15, 0.2) is 0 Å². The number of nitrogens with one attached hydrogen (secondary N) is 1. The first kappa shape index (κ1) is 16.9. The molecule has 0 fully saturated rings. The van der Waals surface area contributed by atoms with Crippen LogP contribution in [0.3, 0.4) is 0 Å². The highest BCUT2D eigenvalue weighted by atomic mass is 16.3. The molecular weight excluding hydrogens is 212 g/mol. The SMILES string of the molecule is CCCNC(CO)CN(CC)CC(CC)CC. The van der Waals surface area contributed by atoms with Gasteiger partial charge in [-0.1, -0.05) is 40.5 Å². The lowest BCUT2D eigenvalue weighted by molar-refractivity contribution is 0.167. The molecule has 0 heterocycles. The summed E-state index contributed by atoms with van der Waals surface area (Å²) in [6, 6.07) is 0.226. The first-order chi connectivity index (χ1) is 8.21. The second-order valence-electron chi connectivity index (χ2n) is 4.87. The van der Waals surface area contributed by atoms with E-state index in [1.54, 1.807) is 0 Å². The molecule has 0 rings (SSSR count). The molecule has 0 aromatic rings. The molecule has 0 saturated carbocycles. The largest absolute Gasteiger partial charge is 0.395 e. The average Bonchev–Trinajstić information content (AvgIpc) is 2.38. The quantitative estimate of drug-likeness (QED) is 0.584. The number of nitrogens with zero attached hydrogens (tertiary/aromatic N) is 1. The Kier molecular flexibility index (Phi) is 10.9.